The lowest BCUT2D eigenvalue weighted by Crippen LogP contribution is -2.30. The van der Waals surface area contributed by atoms with Crippen LogP contribution >= 0.6 is 0 Å². The summed E-state index contributed by atoms with van der Waals surface area (Å²) in [6.45, 7) is 1.95. The van der Waals surface area contributed by atoms with Crippen LogP contribution in [0.3, 0.4) is 0 Å². The van der Waals surface area contributed by atoms with E-state index in [2.05, 4.69) is 29.2 Å². The maximum Gasteiger partial charge on any atom is 0.121 e. The number of aldehydes is 1. The molecule has 74 valence electrons. The molecular formula is C12H15NO. The van der Waals surface area contributed by atoms with Gasteiger partial charge in [0.2, 0.25) is 0 Å². The van der Waals surface area contributed by atoms with Crippen LogP contribution in [0.2, 0.25) is 0 Å². The lowest BCUT2D eigenvalue weighted by molar-refractivity contribution is -0.107. The van der Waals surface area contributed by atoms with E-state index in [-0.39, 0.29) is 0 Å². The Morgan fingerprint density at radius 2 is 2.21 bits per heavy atom. The zero-order chi connectivity index (χ0) is 9.80. The fourth-order valence-electron chi connectivity index (χ4n) is 2.05. The quantitative estimate of drug-likeness (QED) is 0.678. The van der Waals surface area contributed by atoms with Crippen molar-refractivity contribution >= 4 is 12.0 Å². The average Bonchev–Trinajstić information content (AvgIpc) is 2.26. The first kappa shape index (κ1) is 9.25. The van der Waals surface area contributed by atoms with Gasteiger partial charge in [0, 0.05) is 25.2 Å². The predicted octanol–water partition coefficient (Wildman–Crippen LogP) is 2.03. The Kier molecular flexibility index (Phi) is 2.82. The molecule has 1 heterocycles. The number of hydrogen-bond donors (Lipinski definition) is 0. The van der Waals surface area contributed by atoms with Gasteiger partial charge in [0.1, 0.15) is 6.29 Å². The van der Waals surface area contributed by atoms with E-state index in [1.54, 1.807) is 0 Å². The molecule has 1 aromatic carbocycles. The number of carbonyl (C=O) groups is 1. The van der Waals surface area contributed by atoms with Crippen molar-refractivity contribution in [1.29, 1.82) is 0 Å². The SMILES string of the molecule is O=CCCN1CCCc2ccccc21. The highest BCUT2D eigenvalue weighted by atomic mass is 16.1. The molecule has 0 bridgehead atoms. The third kappa shape index (κ3) is 1.79. The van der Waals surface area contributed by atoms with Gasteiger partial charge < -0.3 is 9.69 Å². The first-order chi connectivity index (χ1) is 6.92. The molecule has 0 spiro atoms. The van der Waals surface area contributed by atoms with Gasteiger partial charge in [0.25, 0.3) is 0 Å². The van der Waals surface area contributed by atoms with Crippen molar-refractivity contribution in [3.05, 3.63) is 29.8 Å². The Morgan fingerprint density at radius 1 is 1.36 bits per heavy atom. The molecule has 0 aromatic heterocycles. The van der Waals surface area contributed by atoms with Crippen molar-refractivity contribution in [2.45, 2.75) is 19.3 Å². The van der Waals surface area contributed by atoms with Gasteiger partial charge in [-0.2, -0.15) is 0 Å². The topological polar surface area (TPSA) is 20.3 Å². The van der Waals surface area contributed by atoms with Crippen molar-refractivity contribution < 1.29 is 4.79 Å². The van der Waals surface area contributed by atoms with Gasteiger partial charge in [0.05, 0.1) is 0 Å². The molecule has 1 aliphatic heterocycles. The highest BCUT2D eigenvalue weighted by molar-refractivity contribution is 5.57. The van der Waals surface area contributed by atoms with Gasteiger partial charge in [0.15, 0.2) is 0 Å². The Bertz CT molecular complexity index is 322. The number of aryl methyl sites for hydroxylation is 1. The summed E-state index contributed by atoms with van der Waals surface area (Å²) in [5, 5.41) is 0. The van der Waals surface area contributed by atoms with Crippen molar-refractivity contribution in [2.24, 2.45) is 0 Å². The maximum absolute atomic E-state index is 10.3. The third-order valence-corrected chi connectivity index (χ3v) is 2.72. The van der Waals surface area contributed by atoms with Gasteiger partial charge in [-0.25, -0.2) is 0 Å². The zero-order valence-electron chi connectivity index (χ0n) is 8.28. The van der Waals surface area contributed by atoms with Crippen LogP contribution in [0.1, 0.15) is 18.4 Å². The molecule has 0 aliphatic carbocycles. The molecule has 2 heteroatoms. The third-order valence-electron chi connectivity index (χ3n) is 2.72. The molecule has 0 saturated carbocycles. The fourth-order valence-corrected chi connectivity index (χ4v) is 2.05. The van der Waals surface area contributed by atoms with Crippen LogP contribution in [0, 0.1) is 0 Å². The van der Waals surface area contributed by atoms with Crippen LogP contribution in [0.5, 0.6) is 0 Å². The van der Waals surface area contributed by atoms with Gasteiger partial charge in [-0.05, 0) is 24.5 Å². The Hall–Kier alpha value is -1.31. The minimum absolute atomic E-state index is 0.633. The summed E-state index contributed by atoms with van der Waals surface area (Å²) < 4.78 is 0. The van der Waals surface area contributed by atoms with E-state index in [1.165, 1.54) is 24.1 Å². The number of anilines is 1. The highest BCUT2D eigenvalue weighted by Crippen LogP contribution is 2.26. The Morgan fingerprint density at radius 3 is 3.07 bits per heavy atom. The fraction of sp³-hybridized carbons (Fsp3) is 0.417. The van der Waals surface area contributed by atoms with Crippen molar-refractivity contribution in [3.8, 4) is 0 Å². The minimum Gasteiger partial charge on any atom is -0.371 e. The number of carbonyl (C=O) groups excluding carboxylic acids is 1. The van der Waals surface area contributed by atoms with Gasteiger partial charge >= 0.3 is 0 Å². The van der Waals surface area contributed by atoms with Crippen LogP contribution in [0.15, 0.2) is 24.3 Å². The molecule has 2 nitrogen and oxygen atoms in total. The number of fused-ring (bicyclic) bond motifs is 1. The Balaban J connectivity index is 2.17. The van der Waals surface area contributed by atoms with Crippen molar-refractivity contribution in [2.75, 3.05) is 18.0 Å². The number of hydrogen-bond acceptors (Lipinski definition) is 2. The van der Waals surface area contributed by atoms with E-state index in [9.17, 15) is 4.79 Å². The van der Waals surface area contributed by atoms with Crippen molar-refractivity contribution in [3.63, 3.8) is 0 Å². The second-order valence-corrected chi connectivity index (χ2v) is 3.67. The minimum atomic E-state index is 0.633. The van der Waals surface area contributed by atoms with Crippen LogP contribution < -0.4 is 4.90 Å². The summed E-state index contributed by atoms with van der Waals surface area (Å²) in [6.07, 6.45) is 4.01. The monoisotopic (exact) mass is 189 g/mol. The van der Waals surface area contributed by atoms with Crippen LogP contribution in [0.25, 0.3) is 0 Å². The molecule has 0 N–H and O–H groups in total. The predicted molar refractivity (Wildman–Crippen MR) is 57.7 cm³/mol. The molecular weight excluding hydrogens is 174 g/mol. The van der Waals surface area contributed by atoms with E-state index in [4.69, 9.17) is 0 Å². The summed E-state index contributed by atoms with van der Waals surface area (Å²) in [7, 11) is 0. The highest BCUT2D eigenvalue weighted by Gasteiger charge is 2.14. The average molecular weight is 189 g/mol. The molecule has 0 fully saturated rings. The number of para-hydroxylation sites is 1. The molecule has 1 aliphatic rings. The van der Waals surface area contributed by atoms with E-state index in [0.29, 0.717) is 6.42 Å². The molecule has 14 heavy (non-hydrogen) atoms. The molecule has 0 saturated heterocycles. The lowest BCUT2D eigenvalue weighted by atomic mass is 10.0. The van der Waals surface area contributed by atoms with Crippen LogP contribution in [0.4, 0.5) is 5.69 Å². The van der Waals surface area contributed by atoms with E-state index < -0.39 is 0 Å². The van der Waals surface area contributed by atoms with Crippen molar-refractivity contribution in [1.82, 2.24) is 0 Å². The summed E-state index contributed by atoms with van der Waals surface area (Å²) in [6, 6.07) is 8.49. The van der Waals surface area contributed by atoms with Crippen LogP contribution in [-0.2, 0) is 11.2 Å². The van der Waals surface area contributed by atoms with Gasteiger partial charge in [-0.15, -0.1) is 0 Å². The van der Waals surface area contributed by atoms with Gasteiger partial charge in [-0.1, -0.05) is 18.2 Å². The Labute approximate surface area is 84.5 Å². The lowest BCUT2D eigenvalue weighted by Gasteiger charge is -2.30. The number of rotatable bonds is 3. The summed E-state index contributed by atoms with van der Waals surface area (Å²) >= 11 is 0. The summed E-state index contributed by atoms with van der Waals surface area (Å²) in [5.41, 5.74) is 2.74. The zero-order valence-corrected chi connectivity index (χ0v) is 8.28. The van der Waals surface area contributed by atoms with E-state index in [0.717, 1.165) is 19.4 Å². The normalized spacial score (nSPS) is 15.0. The molecule has 0 unspecified atom stereocenters. The molecule has 0 atom stereocenters. The number of benzene rings is 1. The van der Waals surface area contributed by atoms with Gasteiger partial charge in [-0.3, -0.25) is 0 Å². The molecule has 0 radical (unpaired) electrons. The largest absolute Gasteiger partial charge is 0.371 e. The summed E-state index contributed by atoms with van der Waals surface area (Å²) in [4.78, 5) is 12.6. The second-order valence-electron chi connectivity index (χ2n) is 3.67. The number of nitrogens with zero attached hydrogens (tertiary/aromatic N) is 1. The standard InChI is InChI=1S/C12H15NO/c14-10-4-9-13-8-3-6-11-5-1-2-7-12(11)13/h1-2,5,7,10H,3-4,6,8-9H2. The first-order valence-electron chi connectivity index (χ1n) is 5.18. The summed E-state index contributed by atoms with van der Waals surface area (Å²) in [5.74, 6) is 0. The first-order valence-corrected chi connectivity index (χ1v) is 5.18. The molecule has 2 rings (SSSR count). The second kappa shape index (κ2) is 4.27. The maximum atomic E-state index is 10.3. The smallest absolute Gasteiger partial charge is 0.121 e. The van der Waals surface area contributed by atoms with E-state index >= 15 is 0 Å². The van der Waals surface area contributed by atoms with Crippen LogP contribution in [-0.4, -0.2) is 19.4 Å². The molecule has 1 aromatic rings. The van der Waals surface area contributed by atoms with E-state index in [1.807, 2.05) is 0 Å². The molecule has 0 amide bonds.